The van der Waals surface area contributed by atoms with E-state index in [0.29, 0.717) is 6.42 Å². The highest BCUT2D eigenvalue weighted by Crippen LogP contribution is 2.07. The number of guanidine groups is 1. The summed E-state index contributed by atoms with van der Waals surface area (Å²) in [5.41, 5.74) is 16.3. The minimum absolute atomic E-state index is 0.00905. The fourth-order valence-corrected chi connectivity index (χ4v) is 2.72. The molecular formula is C19H35N7O7. The zero-order valence-electron chi connectivity index (χ0n) is 18.9. The molecule has 0 bridgehead atoms. The summed E-state index contributed by atoms with van der Waals surface area (Å²) < 4.78 is 0. The Labute approximate surface area is 191 Å². The first kappa shape index (κ1) is 29.6. The van der Waals surface area contributed by atoms with Crippen LogP contribution in [0.5, 0.6) is 0 Å². The normalized spacial score (nSPS) is 13.3. The summed E-state index contributed by atoms with van der Waals surface area (Å²) in [7, 11) is 0. The molecule has 0 fully saturated rings. The second-order valence-electron chi connectivity index (χ2n) is 7.85. The van der Waals surface area contributed by atoms with E-state index in [1.165, 1.54) is 0 Å². The quantitative estimate of drug-likeness (QED) is 0.0661. The summed E-state index contributed by atoms with van der Waals surface area (Å²) in [5, 5.41) is 24.7. The summed E-state index contributed by atoms with van der Waals surface area (Å²) in [4.78, 5) is 62.8. The number of rotatable bonds is 16. The lowest BCUT2D eigenvalue weighted by Crippen LogP contribution is -2.56. The Morgan fingerprint density at radius 2 is 1.48 bits per heavy atom. The number of amides is 3. The van der Waals surface area contributed by atoms with Crippen LogP contribution in [-0.2, 0) is 24.0 Å². The summed E-state index contributed by atoms with van der Waals surface area (Å²) in [6.45, 7) is 3.21. The zero-order valence-corrected chi connectivity index (χ0v) is 18.9. The van der Waals surface area contributed by atoms with Crippen molar-refractivity contribution in [3.8, 4) is 0 Å². The number of aliphatic carboxylic acids is 2. The van der Waals surface area contributed by atoms with Gasteiger partial charge in [0.15, 0.2) is 5.96 Å². The second-order valence-corrected chi connectivity index (χ2v) is 7.85. The third-order valence-corrected chi connectivity index (χ3v) is 4.34. The van der Waals surface area contributed by atoms with Crippen molar-refractivity contribution in [1.29, 1.82) is 0 Å². The Hall–Kier alpha value is -3.42. The van der Waals surface area contributed by atoms with E-state index in [1.807, 2.05) is 13.8 Å². The number of nitrogens with zero attached hydrogens (tertiary/aromatic N) is 1. The van der Waals surface area contributed by atoms with Crippen LogP contribution in [0.25, 0.3) is 0 Å². The first-order valence-electron chi connectivity index (χ1n) is 10.5. The van der Waals surface area contributed by atoms with E-state index < -0.39 is 54.3 Å². The molecule has 0 aromatic heterocycles. The molecule has 0 heterocycles. The number of nitrogens with two attached hydrogens (primary N) is 3. The molecular weight excluding hydrogens is 438 g/mol. The number of nitrogens with one attached hydrogen (secondary N) is 3. The van der Waals surface area contributed by atoms with Gasteiger partial charge in [0.1, 0.15) is 18.6 Å². The topological polar surface area (TPSA) is 252 Å². The predicted octanol–water partition coefficient (Wildman–Crippen LogP) is -2.55. The maximum absolute atomic E-state index is 12.9. The van der Waals surface area contributed by atoms with Crippen molar-refractivity contribution < 1.29 is 34.2 Å². The molecule has 3 unspecified atom stereocenters. The smallest absolute Gasteiger partial charge is 0.322 e. The van der Waals surface area contributed by atoms with Gasteiger partial charge in [0, 0.05) is 13.0 Å². The van der Waals surface area contributed by atoms with Crippen LogP contribution in [0.3, 0.4) is 0 Å². The van der Waals surface area contributed by atoms with Gasteiger partial charge in [0.05, 0.1) is 6.04 Å². The van der Waals surface area contributed by atoms with E-state index in [9.17, 15) is 24.0 Å². The Bertz CT molecular complexity index is 723. The van der Waals surface area contributed by atoms with Gasteiger partial charge in [-0.05, 0) is 31.6 Å². The van der Waals surface area contributed by atoms with Gasteiger partial charge < -0.3 is 43.4 Å². The highest BCUT2D eigenvalue weighted by Gasteiger charge is 2.28. The van der Waals surface area contributed by atoms with Gasteiger partial charge >= 0.3 is 11.9 Å². The number of carbonyl (C=O) groups is 5. The summed E-state index contributed by atoms with van der Waals surface area (Å²) in [5.74, 6) is -4.59. The Morgan fingerprint density at radius 3 is 2.00 bits per heavy atom. The van der Waals surface area contributed by atoms with Crippen LogP contribution in [0.2, 0.25) is 0 Å². The lowest BCUT2D eigenvalue weighted by Gasteiger charge is -2.25. The predicted molar refractivity (Wildman–Crippen MR) is 119 cm³/mol. The van der Waals surface area contributed by atoms with Crippen molar-refractivity contribution >= 4 is 35.6 Å². The van der Waals surface area contributed by atoms with Gasteiger partial charge in [-0.1, -0.05) is 13.8 Å². The molecule has 3 amide bonds. The van der Waals surface area contributed by atoms with E-state index in [1.54, 1.807) is 0 Å². The minimum atomic E-state index is -1.24. The molecule has 0 saturated carbocycles. The van der Waals surface area contributed by atoms with Gasteiger partial charge in [0.2, 0.25) is 17.7 Å². The SMILES string of the molecule is CC(C)CC(NC(=O)C(CCCN=C(N)N)NC(=O)C(N)CCC(=O)O)C(=O)NCC(=O)O. The molecule has 0 aliphatic carbocycles. The molecule has 33 heavy (non-hydrogen) atoms. The van der Waals surface area contributed by atoms with E-state index in [-0.39, 0.29) is 44.1 Å². The number of carboxylic acid groups (broad SMARTS) is 2. The third-order valence-electron chi connectivity index (χ3n) is 4.34. The summed E-state index contributed by atoms with van der Waals surface area (Å²) >= 11 is 0. The van der Waals surface area contributed by atoms with Crippen LogP contribution in [0.1, 0.15) is 46.0 Å². The summed E-state index contributed by atoms with van der Waals surface area (Å²) in [6, 6.07) is -3.29. The van der Waals surface area contributed by atoms with E-state index in [2.05, 4.69) is 20.9 Å². The van der Waals surface area contributed by atoms with Crippen molar-refractivity contribution in [1.82, 2.24) is 16.0 Å². The number of hydrogen-bond acceptors (Lipinski definition) is 7. The van der Waals surface area contributed by atoms with Crippen LogP contribution in [0.15, 0.2) is 4.99 Å². The van der Waals surface area contributed by atoms with Gasteiger partial charge in [0.25, 0.3) is 0 Å². The zero-order chi connectivity index (χ0) is 25.6. The molecule has 0 rings (SSSR count). The van der Waals surface area contributed by atoms with Crippen molar-refractivity contribution in [2.45, 2.75) is 64.1 Å². The lowest BCUT2D eigenvalue weighted by atomic mass is 10.0. The van der Waals surface area contributed by atoms with Crippen LogP contribution < -0.4 is 33.2 Å². The van der Waals surface area contributed by atoms with Gasteiger partial charge in [-0.15, -0.1) is 0 Å². The largest absolute Gasteiger partial charge is 0.481 e. The summed E-state index contributed by atoms with van der Waals surface area (Å²) in [6.07, 6.45) is 0.184. The number of hydrogen-bond donors (Lipinski definition) is 8. The van der Waals surface area contributed by atoms with Crippen molar-refractivity contribution in [3.05, 3.63) is 0 Å². The molecule has 14 heteroatoms. The first-order chi connectivity index (χ1) is 15.3. The van der Waals surface area contributed by atoms with Crippen LogP contribution >= 0.6 is 0 Å². The average molecular weight is 474 g/mol. The molecule has 0 aromatic rings. The standard InChI is InChI=1S/C19H35N7O7/c1-10(2)8-13(17(32)24-9-15(29)30)26-18(33)12(4-3-7-23-19(21)22)25-16(31)11(20)5-6-14(27)28/h10-13H,3-9,20H2,1-2H3,(H,24,32)(H,25,31)(H,26,33)(H,27,28)(H,29,30)(H4,21,22,23). The number of aliphatic imine (C=N–C) groups is 1. The van der Waals surface area contributed by atoms with E-state index in [0.717, 1.165) is 0 Å². The van der Waals surface area contributed by atoms with Crippen molar-refractivity contribution in [2.75, 3.05) is 13.1 Å². The first-order valence-corrected chi connectivity index (χ1v) is 10.5. The molecule has 3 atom stereocenters. The van der Waals surface area contributed by atoms with Crippen LogP contribution in [-0.4, -0.2) is 77.0 Å². The monoisotopic (exact) mass is 473 g/mol. The fraction of sp³-hybridized carbons (Fsp3) is 0.684. The average Bonchev–Trinajstić information content (AvgIpc) is 2.70. The molecule has 0 saturated heterocycles. The van der Waals surface area contributed by atoms with Gasteiger partial charge in [-0.3, -0.25) is 29.0 Å². The van der Waals surface area contributed by atoms with Gasteiger partial charge in [-0.25, -0.2) is 0 Å². The number of carboxylic acids is 2. The fourth-order valence-electron chi connectivity index (χ4n) is 2.72. The lowest BCUT2D eigenvalue weighted by molar-refractivity contribution is -0.139. The van der Waals surface area contributed by atoms with Crippen molar-refractivity contribution in [2.24, 2.45) is 28.1 Å². The third kappa shape index (κ3) is 14.3. The van der Waals surface area contributed by atoms with Crippen LogP contribution in [0.4, 0.5) is 0 Å². The highest BCUT2D eigenvalue weighted by atomic mass is 16.4. The molecule has 0 spiro atoms. The van der Waals surface area contributed by atoms with E-state index >= 15 is 0 Å². The van der Waals surface area contributed by atoms with E-state index in [4.69, 9.17) is 27.4 Å². The molecule has 14 nitrogen and oxygen atoms in total. The Balaban J connectivity index is 5.36. The van der Waals surface area contributed by atoms with Crippen LogP contribution in [0, 0.1) is 5.92 Å². The highest BCUT2D eigenvalue weighted by molar-refractivity contribution is 5.93. The molecule has 11 N–H and O–H groups in total. The number of carbonyl (C=O) groups excluding carboxylic acids is 3. The maximum atomic E-state index is 12.9. The maximum Gasteiger partial charge on any atom is 0.322 e. The Morgan fingerprint density at radius 1 is 0.879 bits per heavy atom. The minimum Gasteiger partial charge on any atom is -0.481 e. The molecule has 188 valence electrons. The molecule has 0 aliphatic heterocycles. The van der Waals surface area contributed by atoms with Crippen molar-refractivity contribution in [3.63, 3.8) is 0 Å². The second kappa shape index (κ2) is 15.4. The molecule has 0 aromatic carbocycles. The molecule has 0 radical (unpaired) electrons. The Kier molecular flexibility index (Phi) is 13.8. The van der Waals surface area contributed by atoms with Gasteiger partial charge in [-0.2, -0.15) is 0 Å². The molecule has 0 aliphatic rings.